The van der Waals surface area contributed by atoms with E-state index in [1.807, 2.05) is 0 Å². The Morgan fingerprint density at radius 1 is 1.50 bits per heavy atom. The van der Waals surface area contributed by atoms with Crippen LogP contribution in [0.5, 0.6) is 0 Å². The highest BCUT2D eigenvalue weighted by atomic mass is 32.2. The van der Waals surface area contributed by atoms with Crippen LogP contribution in [-0.4, -0.2) is 27.8 Å². The van der Waals surface area contributed by atoms with Crippen LogP contribution in [0, 0.1) is 0 Å². The molecule has 0 unspecified atom stereocenters. The van der Waals surface area contributed by atoms with Gasteiger partial charge in [-0.2, -0.15) is 0 Å². The number of aromatic amines is 1. The van der Waals surface area contributed by atoms with E-state index in [9.17, 15) is 4.79 Å². The maximum atomic E-state index is 11.8. The number of nitrogens with zero attached hydrogens (tertiary/aromatic N) is 2. The zero-order valence-electron chi connectivity index (χ0n) is 12.5. The summed E-state index contributed by atoms with van der Waals surface area (Å²) in [5.41, 5.74) is 0.473. The van der Waals surface area contributed by atoms with Crippen molar-refractivity contribution in [1.29, 1.82) is 0 Å². The first-order valence-electron chi connectivity index (χ1n) is 7.56. The average molecular weight is 321 g/mol. The van der Waals surface area contributed by atoms with Gasteiger partial charge in [0.25, 0.3) is 0 Å². The number of furan rings is 1. The van der Waals surface area contributed by atoms with E-state index in [-0.39, 0.29) is 5.97 Å². The fourth-order valence-corrected chi connectivity index (χ4v) is 3.43. The molecule has 1 aliphatic rings. The quantitative estimate of drug-likeness (QED) is 0.647. The van der Waals surface area contributed by atoms with Crippen molar-refractivity contribution in [3.05, 3.63) is 29.5 Å². The molecule has 118 valence electrons. The summed E-state index contributed by atoms with van der Waals surface area (Å²) in [4.78, 5) is 16.3. The third-order valence-electron chi connectivity index (χ3n) is 3.80. The molecule has 0 aromatic carbocycles. The van der Waals surface area contributed by atoms with E-state index in [0.29, 0.717) is 34.8 Å². The minimum absolute atomic E-state index is 0.349. The first kappa shape index (κ1) is 15.1. The lowest BCUT2D eigenvalue weighted by molar-refractivity contribution is 0.0524. The number of thioether (sulfide) groups is 1. The molecule has 0 atom stereocenters. The first-order chi connectivity index (χ1) is 10.8. The highest BCUT2D eigenvalue weighted by Gasteiger charge is 2.21. The Hall–Kier alpha value is -1.76. The molecule has 2 heterocycles. The molecule has 3 rings (SSSR count). The van der Waals surface area contributed by atoms with E-state index in [1.54, 1.807) is 13.0 Å². The Kier molecular flexibility index (Phi) is 4.82. The number of hydrogen-bond donors (Lipinski definition) is 1. The average Bonchev–Trinajstić information content (AvgIpc) is 3.25. The first-order valence-corrected chi connectivity index (χ1v) is 8.55. The zero-order chi connectivity index (χ0) is 15.4. The Balaban J connectivity index is 1.61. The predicted octanol–water partition coefficient (Wildman–Crippen LogP) is 3.52. The molecule has 1 aliphatic carbocycles. The third kappa shape index (κ3) is 3.35. The largest absolute Gasteiger partial charge is 0.468 e. The molecule has 0 saturated heterocycles. The second-order valence-corrected chi connectivity index (χ2v) is 6.19. The van der Waals surface area contributed by atoms with Crippen molar-refractivity contribution < 1.29 is 13.9 Å². The molecule has 1 fully saturated rings. The predicted molar refractivity (Wildman–Crippen MR) is 81.8 cm³/mol. The molecule has 0 spiro atoms. The lowest BCUT2D eigenvalue weighted by atomic mass is 10.1. The fraction of sp³-hybridized carbons (Fsp3) is 0.533. The third-order valence-corrected chi connectivity index (χ3v) is 4.64. The number of nitrogens with one attached hydrogen (secondary N) is 1. The van der Waals surface area contributed by atoms with E-state index >= 15 is 0 Å². The van der Waals surface area contributed by atoms with Gasteiger partial charge in [-0.05, 0) is 25.8 Å². The number of aromatic nitrogens is 3. The van der Waals surface area contributed by atoms with Gasteiger partial charge < -0.3 is 9.15 Å². The van der Waals surface area contributed by atoms with Gasteiger partial charge in [0.15, 0.2) is 0 Å². The monoisotopic (exact) mass is 321 g/mol. The van der Waals surface area contributed by atoms with Crippen LogP contribution in [0.2, 0.25) is 0 Å². The molecular weight excluding hydrogens is 302 g/mol. The lowest BCUT2D eigenvalue weighted by Gasteiger charge is -2.02. The molecule has 0 bridgehead atoms. The van der Waals surface area contributed by atoms with Crippen LogP contribution in [-0.2, 0) is 10.5 Å². The highest BCUT2D eigenvalue weighted by molar-refractivity contribution is 7.98. The number of rotatable bonds is 6. The van der Waals surface area contributed by atoms with E-state index in [2.05, 4.69) is 15.2 Å². The van der Waals surface area contributed by atoms with E-state index in [1.165, 1.54) is 43.7 Å². The smallest absolute Gasteiger partial charge is 0.341 e. The summed E-state index contributed by atoms with van der Waals surface area (Å²) < 4.78 is 10.4. The summed E-state index contributed by atoms with van der Waals surface area (Å²) in [6.45, 7) is 2.13. The van der Waals surface area contributed by atoms with Crippen LogP contribution < -0.4 is 0 Å². The zero-order valence-corrected chi connectivity index (χ0v) is 13.3. The van der Waals surface area contributed by atoms with Crippen molar-refractivity contribution in [2.45, 2.75) is 49.4 Å². The number of carbonyl (C=O) groups excluding carboxylic acids is 1. The van der Waals surface area contributed by atoms with Gasteiger partial charge in [-0.3, -0.25) is 5.10 Å². The molecular formula is C15H19N3O3S. The van der Waals surface area contributed by atoms with Crippen LogP contribution >= 0.6 is 11.8 Å². The molecule has 1 N–H and O–H groups in total. The van der Waals surface area contributed by atoms with E-state index in [4.69, 9.17) is 9.15 Å². The molecule has 0 aliphatic heterocycles. The molecule has 22 heavy (non-hydrogen) atoms. The maximum Gasteiger partial charge on any atom is 0.341 e. The van der Waals surface area contributed by atoms with Crippen LogP contribution in [0.15, 0.2) is 21.9 Å². The van der Waals surface area contributed by atoms with Crippen LogP contribution in [0.4, 0.5) is 0 Å². The summed E-state index contributed by atoms with van der Waals surface area (Å²) in [6.07, 6.45) is 6.41. The van der Waals surface area contributed by atoms with Crippen molar-refractivity contribution in [3.63, 3.8) is 0 Å². The van der Waals surface area contributed by atoms with Gasteiger partial charge in [-0.15, -0.1) is 5.10 Å². The lowest BCUT2D eigenvalue weighted by Crippen LogP contribution is -2.05. The van der Waals surface area contributed by atoms with Gasteiger partial charge in [0, 0.05) is 5.92 Å². The minimum Gasteiger partial charge on any atom is -0.468 e. The van der Waals surface area contributed by atoms with E-state index in [0.717, 1.165) is 5.82 Å². The number of ether oxygens (including phenoxy) is 1. The van der Waals surface area contributed by atoms with Gasteiger partial charge in [0.2, 0.25) is 5.16 Å². The van der Waals surface area contributed by atoms with E-state index < -0.39 is 0 Å². The maximum absolute atomic E-state index is 11.8. The molecule has 0 radical (unpaired) electrons. The van der Waals surface area contributed by atoms with Crippen molar-refractivity contribution in [2.24, 2.45) is 0 Å². The standard InChI is InChI=1S/C15H19N3O3S/c1-2-20-14(19)11-7-8-21-12(11)9-22-15-16-13(17-18-15)10-5-3-4-6-10/h7-8,10H,2-6,9H2,1H3,(H,16,17,18). The molecule has 2 aromatic rings. The molecule has 6 nitrogen and oxygen atoms in total. The summed E-state index contributed by atoms with van der Waals surface area (Å²) in [5.74, 6) is 2.23. The van der Waals surface area contributed by atoms with Gasteiger partial charge in [-0.1, -0.05) is 24.6 Å². The summed E-state index contributed by atoms with van der Waals surface area (Å²) in [6, 6.07) is 1.63. The van der Waals surface area contributed by atoms with Gasteiger partial charge >= 0.3 is 5.97 Å². The van der Waals surface area contributed by atoms with Crippen LogP contribution in [0.1, 0.15) is 60.5 Å². The molecule has 2 aromatic heterocycles. The number of esters is 1. The summed E-state index contributed by atoms with van der Waals surface area (Å²) in [5, 5.41) is 7.96. The second-order valence-electron chi connectivity index (χ2n) is 5.25. The second kappa shape index (κ2) is 7.00. The molecule has 7 heteroatoms. The van der Waals surface area contributed by atoms with Crippen molar-refractivity contribution in [2.75, 3.05) is 6.61 Å². The minimum atomic E-state index is -0.353. The fourth-order valence-electron chi connectivity index (χ4n) is 2.68. The Labute approximate surface area is 133 Å². The summed E-state index contributed by atoms with van der Waals surface area (Å²) >= 11 is 1.45. The molecule has 0 amide bonds. The Morgan fingerprint density at radius 3 is 3.09 bits per heavy atom. The Morgan fingerprint density at radius 2 is 2.32 bits per heavy atom. The van der Waals surface area contributed by atoms with Crippen LogP contribution in [0.25, 0.3) is 0 Å². The molecule has 1 saturated carbocycles. The Bertz CT molecular complexity index is 632. The van der Waals surface area contributed by atoms with Crippen LogP contribution in [0.3, 0.4) is 0 Å². The normalized spacial score (nSPS) is 15.3. The van der Waals surface area contributed by atoms with Crippen molar-refractivity contribution >= 4 is 17.7 Å². The van der Waals surface area contributed by atoms with Gasteiger partial charge in [-0.25, -0.2) is 9.78 Å². The number of hydrogen-bond acceptors (Lipinski definition) is 6. The SMILES string of the molecule is CCOC(=O)c1ccoc1CSc1n[nH]c(C2CCCC2)n1. The van der Waals surface area contributed by atoms with Gasteiger partial charge in [0.1, 0.15) is 17.1 Å². The number of carbonyl (C=O) groups is 1. The topological polar surface area (TPSA) is 81.0 Å². The highest BCUT2D eigenvalue weighted by Crippen LogP contribution is 2.33. The van der Waals surface area contributed by atoms with Crippen molar-refractivity contribution in [3.8, 4) is 0 Å². The van der Waals surface area contributed by atoms with Gasteiger partial charge in [0.05, 0.1) is 18.6 Å². The van der Waals surface area contributed by atoms with Crippen molar-refractivity contribution in [1.82, 2.24) is 15.2 Å². The summed E-state index contributed by atoms with van der Waals surface area (Å²) in [7, 11) is 0. The number of H-pyrrole nitrogens is 1.